The van der Waals surface area contributed by atoms with Crippen molar-refractivity contribution in [3.63, 3.8) is 0 Å². The second-order valence-electron chi connectivity index (χ2n) is 5.51. The number of carbonyl (C=O) groups is 1. The van der Waals surface area contributed by atoms with E-state index in [1.54, 1.807) is 12.4 Å². The van der Waals surface area contributed by atoms with Gasteiger partial charge in [0.25, 0.3) is 0 Å². The zero-order valence-corrected chi connectivity index (χ0v) is 10.4. The van der Waals surface area contributed by atoms with Crippen molar-refractivity contribution in [3.05, 3.63) is 30.1 Å². The van der Waals surface area contributed by atoms with E-state index in [0.29, 0.717) is 18.4 Å². The highest BCUT2D eigenvalue weighted by atomic mass is 16.1. The minimum Gasteiger partial charge on any atom is -0.352 e. The standard InChI is InChI=1S/C14H19N3O/c15-13-11-2-1-10(7-11)12(13)14(18)17-8-9-3-5-16-6-4-9/h3-6,10-13H,1-2,7-8,15H2,(H,17,18). The third-order valence-electron chi connectivity index (χ3n) is 4.50. The van der Waals surface area contributed by atoms with E-state index < -0.39 is 0 Å². The molecule has 0 aromatic carbocycles. The van der Waals surface area contributed by atoms with E-state index in [0.717, 1.165) is 12.0 Å². The number of nitrogens with one attached hydrogen (secondary N) is 1. The Hall–Kier alpha value is -1.42. The number of nitrogens with zero attached hydrogens (tertiary/aromatic N) is 1. The van der Waals surface area contributed by atoms with Crippen LogP contribution in [-0.2, 0) is 11.3 Å². The fourth-order valence-corrected chi connectivity index (χ4v) is 3.53. The summed E-state index contributed by atoms with van der Waals surface area (Å²) in [6.45, 7) is 0.571. The second kappa shape index (κ2) is 4.69. The molecule has 4 heteroatoms. The predicted octanol–water partition coefficient (Wildman–Crippen LogP) is 1.07. The molecule has 2 aliphatic rings. The van der Waals surface area contributed by atoms with Crippen LogP contribution in [0.15, 0.2) is 24.5 Å². The Bertz CT molecular complexity index is 432. The molecule has 2 fully saturated rings. The lowest BCUT2D eigenvalue weighted by Crippen LogP contribution is -2.45. The number of hydrogen-bond donors (Lipinski definition) is 2. The van der Waals surface area contributed by atoms with Crippen molar-refractivity contribution in [3.8, 4) is 0 Å². The van der Waals surface area contributed by atoms with Crippen LogP contribution in [-0.4, -0.2) is 16.9 Å². The lowest BCUT2D eigenvalue weighted by Gasteiger charge is -2.27. The maximum atomic E-state index is 12.2. The van der Waals surface area contributed by atoms with Gasteiger partial charge >= 0.3 is 0 Å². The highest BCUT2D eigenvalue weighted by Crippen LogP contribution is 2.47. The summed E-state index contributed by atoms with van der Waals surface area (Å²) < 4.78 is 0. The van der Waals surface area contributed by atoms with E-state index >= 15 is 0 Å². The molecule has 1 heterocycles. The van der Waals surface area contributed by atoms with Gasteiger partial charge in [-0.05, 0) is 48.8 Å². The van der Waals surface area contributed by atoms with Crippen LogP contribution in [0.5, 0.6) is 0 Å². The molecular formula is C14H19N3O. The van der Waals surface area contributed by atoms with Crippen molar-refractivity contribution in [1.29, 1.82) is 0 Å². The molecule has 4 nitrogen and oxygen atoms in total. The normalized spacial score (nSPS) is 33.6. The monoisotopic (exact) mass is 245 g/mol. The molecule has 1 amide bonds. The molecule has 2 saturated carbocycles. The number of carbonyl (C=O) groups excluding carboxylic acids is 1. The van der Waals surface area contributed by atoms with Crippen molar-refractivity contribution in [2.24, 2.45) is 23.5 Å². The molecule has 0 radical (unpaired) electrons. The summed E-state index contributed by atoms with van der Waals surface area (Å²) >= 11 is 0. The lowest BCUT2D eigenvalue weighted by molar-refractivity contribution is -0.127. The molecule has 4 unspecified atom stereocenters. The maximum Gasteiger partial charge on any atom is 0.225 e. The van der Waals surface area contributed by atoms with Gasteiger partial charge < -0.3 is 11.1 Å². The minimum atomic E-state index is 0.0330. The Morgan fingerprint density at radius 1 is 1.33 bits per heavy atom. The van der Waals surface area contributed by atoms with Crippen LogP contribution in [0, 0.1) is 17.8 Å². The Morgan fingerprint density at radius 2 is 2.06 bits per heavy atom. The summed E-state index contributed by atoms with van der Waals surface area (Å²) in [4.78, 5) is 16.2. The van der Waals surface area contributed by atoms with Crippen molar-refractivity contribution < 1.29 is 4.79 Å². The molecule has 3 N–H and O–H groups in total. The molecule has 0 aliphatic heterocycles. The highest BCUT2D eigenvalue weighted by Gasteiger charge is 2.48. The van der Waals surface area contributed by atoms with Gasteiger partial charge in [-0.2, -0.15) is 0 Å². The molecular weight excluding hydrogens is 226 g/mol. The number of fused-ring (bicyclic) bond motifs is 2. The van der Waals surface area contributed by atoms with Crippen molar-refractivity contribution in [1.82, 2.24) is 10.3 Å². The topological polar surface area (TPSA) is 68.0 Å². The predicted molar refractivity (Wildman–Crippen MR) is 68.4 cm³/mol. The summed E-state index contributed by atoms with van der Waals surface area (Å²) in [7, 11) is 0. The largest absolute Gasteiger partial charge is 0.352 e. The van der Waals surface area contributed by atoms with Gasteiger partial charge in [-0.1, -0.05) is 0 Å². The van der Waals surface area contributed by atoms with Gasteiger partial charge in [-0.3, -0.25) is 9.78 Å². The molecule has 4 atom stereocenters. The Labute approximate surface area is 107 Å². The van der Waals surface area contributed by atoms with Crippen LogP contribution >= 0.6 is 0 Å². The van der Waals surface area contributed by atoms with Gasteiger partial charge in [0.05, 0.1) is 5.92 Å². The zero-order valence-electron chi connectivity index (χ0n) is 10.4. The molecule has 1 aromatic heterocycles. The molecule has 96 valence electrons. The fourth-order valence-electron chi connectivity index (χ4n) is 3.53. The molecule has 0 spiro atoms. The molecule has 1 aromatic rings. The highest BCUT2D eigenvalue weighted by molar-refractivity contribution is 5.80. The summed E-state index contributed by atoms with van der Waals surface area (Å²) in [6.07, 6.45) is 7.01. The van der Waals surface area contributed by atoms with Crippen molar-refractivity contribution >= 4 is 5.91 Å². The minimum absolute atomic E-state index is 0.0330. The van der Waals surface area contributed by atoms with E-state index in [1.165, 1.54) is 12.8 Å². The number of rotatable bonds is 3. The van der Waals surface area contributed by atoms with Crippen molar-refractivity contribution in [2.75, 3.05) is 0 Å². The van der Waals surface area contributed by atoms with Gasteiger partial charge in [-0.25, -0.2) is 0 Å². The molecule has 3 rings (SSSR count). The molecule has 0 saturated heterocycles. The zero-order chi connectivity index (χ0) is 12.5. The Balaban J connectivity index is 1.59. The first-order chi connectivity index (χ1) is 8.75. The van der Waals surface area contributed by atoms with Gasteiger partial charge in [0, 0.05) is 25.0 Å². The molecule has 18 heavy (non-hydrogen) atoms. The fraction of sp³-hybridized carbons (Fsp3) is 0.571. The first-order valence-electron chi connectivity index (χ1n) is 6.68. The molecule has 2 aliphatic carbocycles. The van der Waals surface area contributed by atoms with Crippen LogP contribution in [0.2, 0.25) is 0 Å². The molecule has 2 bridgehead atoms. The second-order valence-corrected chi connectivity index (χ2v) is 5.51. The smallest absolute Gasteiger partial charge is 0.225 e. The van der Waals surface area contributed by atoms with E-state index in [2.05, 4.69) is 10.3 Å². The van der Waals surface area contributed by atoms with Crippen LogP contribution in [0.25, 0.3) is 0 Å². The third kappa shape index (κ3) is 2.01. The average molecular weight is 245 g/mol. The van der Waals surface area contributed by atoms with Gasteiger partial charge in [0.15, 0.2) is 0 Å². The van der Waals surface area contributed by atoms with Crippen LogP contribution in [0.4, 0.5) is 0 Å². The van der Waals surface area contributed by atoms with Crippen LogP contribution in [0.1, 0.15) is 24.8 Å². The van der Waals surface area contributed by atoms with Gasteiger partial charge in [-0.15, -0.1) is 0 Å². The lowest BCUT2D eigenvalue weighted by atomic mass is 9.84. The number of pyridine rings is 1. The third-order valence-corrected chi connectivity index (χ3v) is 4.50. The SMILES string of the molecule is NC1C2CCC(C2)C1C(=O)NCc1ccncc1. The van der Waals surface area contributed by atoms with E-state index in [9.17, 15) is 4.79 Å². The average Bonchev–Trinajstić information content (AvgIpc) is 2.98. The quantitative estimate of drug-likeness (QED) is 0.837. The van der Waals surface area contributed by atoms with E-state index in [1.807, 2.05) is 12.1 Å². The Kier molecular flexibility index (Phi) is 3.04. The number of nitrogens with two attached hydrogens (primary N) is 1. The number of aromatic nitrogens is 1. The maximum absolute atomic E-state index is 12.2. The van der Waals surface area contributed by atoms with Gasteiger partial charge in [0.2, 0.25) is 5.91 Å². The van der Waals surface area contributed by atoms with Crippen molar-refractivity contribution in [2.45, 2.75) is 31.8 Å². The number of hydrogen-bond acceptors (Lipinski definition) is 3. The van der Waals surface area contributed by atoms with Crippen LogP contribution in [0.3, 0.4) is 0 Å². The number of amides is 1. The van der Waals surface area contributed by atoms with E-state index in [-0.39, 0.29) is 17.9 Å². The van der Waals surface area contributed by atoms with Gasteiger partial charge in [0.1, 0.15) is 0 Å². The van der Waals surface area contributed by atoms with Crippen LogP contribution < -0.4 is 11.1 Å². The van der Waals surface area contributed by atoms with E-state index in [4.69, 9.17) is 5.73 Å². The summed E-state index contributed by atoms with van der Waals surface area (Å²) in [6, 6.07) is 3.91. The first-order valence-corrected chi connectivity index (χ1v) is 6.68. The summed E-state index contributed by atoms with van der Waals surface area (Å²) in [5.41, 5.74) is 7.24. The summed E-state index contributed by atoms with van der Waals surface area (Å²) in [5.74, 6) is 1.26. The summed E-state index contributed by atoms with van der Waals surface area (Å²) in [5, 5.41) is 3.01. The Morgan fingerprint density at radius 3 is 2.72 bits per heavy atom. The first kappa shape index (κ1) is 11.7.